The van der Waals surface area contributed by atoms with Gasteiger partial charge >= 0.3 is 0 Å². The summed E-state index contributed by atoms with van der Waals surface area (Å²) in [5, 5.41) is 1.69. The molecule has 0 saturated heterocycles. The van der Waals surface area contributed by atoms with E-state index in [1.54, 1.807) is 24.6 Å². The molecule has 0 aromatic rings. The largest absolute Gasteiger partial charge is 0.552 e. The Bertz CT molecular complexity index is 515. The minimum Gasteiger partial charge on any atom is -0.552 e. The van der Waals surface area contributed by atoms with Gasteiger partial charge in [-0.25, -0.2) is 0 Å². The third kappa shape index (κ3) is 4.66. The summed E-state index contributed by atoms with van der Waals surface area (Å²) in [5.41, 5.74) is 0.503. The highest BCUT2D eigenvalue weighted by atomic mass is 29.9. The van der Waals surface area contributed by atoms with Gasteiger partial charge in [0.25, 0.3) is 0 Å². The van der Waals surface area contributed by atoms with Gasteiger partial charge < -0.3 is 4.43 Å². The molecule has 0 heterocycles. The van der Waals surface area contributed by atoms with E-state index in [9.17, 15) is 0 Å². The van der Waals surface area contributed by atoms with Crippen LogP contribution in [0.5, 0.6) is 0 Å². The highest BCUT2D eigenvalue weighted by Crippen LogP contribution is 2.60. The van der Waals surface area contributed by atoms with Crippen LogP contribution in [0.2, 0.25) is 58.9 Å². The molecule has 148 valence electrons. The molecule has 0 amide bonds. The fraction of sp³-hybridized carbons (Fsp3) is 0.950. The van der Waals surface area contributed by atoms with Crippen molar-refractivity contribution < 1.29 is 4.43 Å². The van der Waals surface area contributed by atoms with Gasteiger partial charge in [0.05, 0.1) is 12.7 Å². The van der Waals surface area contributed by atoms with E-state index < -0.39 is 23.5 Å². The summed E-state index contributed by atoms with van der Waals surface area (Å²) in [5.74, 6) is 3.09. The average molecular weight is 439 g/mol. The lowest BCUT2D eigenvalue weighted by Gasteiger charge is -2.58. The zero-order valence-electron chi connectivity index (χ0n) is 18.9. The van der Waals surface area contributed by atoms with Crippen LogP contribution in [-0.4, -0.2) is 44.9 Å². The standard InChI is InChI=1S/C20H42OSi5/c1-24(2,3)21-19(22-23(25(4,5)6)26(7,8)9)20-13-16-10-17(14-20)12-18(11-16)15-20/h16-18H,10-15H2,1-9H3. The second kappa shape index (κ2) is 6.92. The van der Waals surface area contributed by atoms with Crippen molar-refractivity contribution in [2.24, 2.45) is 23.2 Å². The SMILES string of the molecule is C[Si](C)(C)OC(=[Si][Si]([Si](C)(C)C)[Si](C)(C)C)C12CC3CC(CC(C3)C1)C2. The molecule has 4 saturated carbocycles. The zero-order valence-corrected chi connectivity index (χ0v) is 23.9. The highest BCUT2D eigenvalue weighted by Gasteiger charge is 2.54. The van der Waals surface area contributed by atoms with E-state index in [0.717, 1.165) is 26.4 Å². The molecule has 6 heteroatoms. The molecule has 2 radical (unpaired) electrons. The summed E-state index contributed by atoms with van der Waals surface area (Å²) in [6.07, 6.45) is 9.09. The molecule has 1 nitrogen and oxygen atoms in total. The monoisotopic (exact) mass is 438 g/mol. The molecule has 0 aromatic carbocycles. The summed E-state index contributed by atoms with van der Waals surface area (Å²) in [7, 11) is -2.89. The van der Waals surface area contributed by atoms with Gasteiger partial charge in [-0.1, -0.05) is 39.3 Å². The van der Waals surface area contributed by atoms with E-state index in [0.29, 0.717) is 5.41 Å². The van der Waals surface area contributed by atoms with Crippen molar-refractivity contribution in [1.29, 1.82) is 0 Å². The highest BCUT2D eigenvalue weighted by molar-refractivity contribution is 7.75. The Hall–Kier alpha value is 0.754. The number of hydrogen-bond donors (Lipinski definition) is 0. The fourth-order valence-corrected chi connectivity index (χ4v) is 52.3. The Morgan fingerprint density at radius 1 is 0.769 bits per heavy atom. The summed E-state index contributed by atoms with van der Waals surface area (Å²) in [6, 6.07) is 0. The molecule has 0 aromatic heterocycles. The van der Waals surface area contributed by atoms with Crippen LogP contribution in [0.25, 0.3) is 0 Å². The van der Waals surface area contributed by atoms with Crippen LogP contribution < -0.4 is 0 Å². The third-order valence-corrected chi connectivity index (χ3v) is 51.5. The van der Waals surface area contributed by atoms with Crippen molar-refractivity contribution in [2.45, 2.75) is 97.4 Å². The Morgan fingerprint density at radius 2 is 1.15 bits per heavy atom. The first-order valence-corrected chi connectivity index (χ1v) is 26.8. The van der Waals surface area contributed by atoms with E-state index in [-0.39, 0.29) is 7.35 Å². The summed E-state index contributed by atoms with van der Waals surface area (Å²) in [4.78, 5) is 0. The minimum absolute atomic E-state index is 0.272. The maximum absolute atomic E-state index is 7.08. The Kier molecular flexibility index (Phi) is 5.71. The van der Waals surface area contributed by atoms with Crippen molar-refractivity contribution >= 4 is 44.9 Å². The van der Waals surface area contributed by atoms with Crippen LogP contribution in [0.1, 0.15) is 38.5 Å². The predicted molar refractivity (Wildman–Crippen MR) is 128 cm³/mol. The molecule has 4 rings (SSSR count). The smallest absolute Gasteiger partial charge is 0.241 e. The molecule has 0 atom stereocenters. The first-order chi connectivity index (χ1) is 11.7. The van der Waals surface area contributed by atoms with Gasteiger partial charge in [-0.15, -0.1) is 0 Å². The maximum Gasteiger partial charge on any atom is 0.241 e. The van der Waals surface area contributed by atoms with Crippen LogP contribution in [0.3, 0.4) is 0 Å². The molecule has 26 heavy (non-hydrogen) atoms. The first kappa shape index (κ1) is 21.5. The van der Waals surface area contributed by atoms with E-state index in [2.05, 4.69) is 58.9 Å². The van der Waals surface area contributed by atoms with E-state index >= 15 is 0 Å². The van der Waals surface area contributed by atoms with Crippen molar-refractivity contribution in [1.82, 2.24) is 0 Å². The number of rotatable bonds is 6. The van der Waals surface area contributed by atoms with Crippen LogP contribution in [0.4, 0.5) is 0 Å². The lowest BCUT2D eigenvalue weighted by atomic mass is 9.50. The van der Waals surface area contributed by atoms with Gasteiger partial charge in [0.1, 0.15) is 0 Å². The van der Waals surface area contributed by atoms with Crippen molar-refractivity contribution in [3.05, 3.63) is 0 Å². The van der Waals surface area contributed by atoms with Gasteiger partial charge in [0.2, 0.25) is 8.32 Å². The molecule has 4 fully saturated rings. The van der Waals surface area contributed by atoms with Gasteiger partial charge in [-0.3, -0.25) is 0 Å². The number of hydrogen-bond acceptors (Lipinski definition) is 1. The summed E-state index contributed by atoms with van der Waals surface area (Å²) in [6.45, 7) is 23.3. The quantitative estimate of drug-likeness (QED) is 0.482. The zero-order chi connectivity index (χ0) is 19.5. The molecule has 4 bridgehead atoms. The Labute approximate surface area is 169 Å². The molecular weight excluding hydrogens is 397 g/mol. The van der Waals surface area contributed by atoms with E-state index in [1.165, 1.54) is 19.3 Å². The molecule has 0 unspecified atom stereocenters. The summed E-state index contributed by atoms with van der Waals surface area (Å²) >= 11 is 0. The maximum atomic E-state index is 7.08. The second-order valence-electron chi connectivity index (χ2n) is 12.7. The van der Waals surface area contributed by atoms with Gasteiger partial charge in [-0.2, -0.15) is 0 Å². The van der Waals surface area contributed by atoms with Gasteiger partial charge in [-0.05, 0) is 75.9 Å². The predicted octanol–water partition coefficient (Wildman–Crippen LogP) is 5.71. The van der Waals surface area contributed by atoms with E-state index in [1.807, 2.05) is 0 Å². The lowest BCUT2D eigenvalue weighted by Crippen LogP contribution is -2.64. The third-order valence-electron chi connectivity index (χ3n) is 6.67. The lowest BCUT2D eigenvalue weighted by molar-refractivity contribution is -0.0182. The van der Waals surface area contributed by atoms with Gasteiger partial charge in [0, 0.05) is 29.2 Å². The average Bonchev–Trinajstić information content (AvgIpc) is 2.37. The summed E-state index contributed by atoms with van der Waals surface area (Å²) < 4.78 is 7.08. The van der Waals surface area contributed by atoms with Gasteiger partial charge in [0.15, 0.2) is 0 Å². The fourth-order valence-electron chi connectivity index (χ4n) is 6.57. The van der Waals surface area contributed by atoms with Crippen LogP contribution in [0.15, 0.2) is 0 Å². The Morgan fingerprint density at radius 3 is 1.46 bits per heavy atom. The van der Waals surface area contributed by atoms with Crippen molar-refractivity contribution in [3.8, 4) is 0 Å². The molecule has 0 N–H and O–H groups in total. The molecule has 4 aliphatic rings. The first-order valence-electron chi connectivity index (χ1n) is 10.9. The molecule has 0 aliphatic heterocycles. The molecular formula is C20H42OSi5. The van der Waals surface area contributed by atoms with Crippen molar-refractivity contribution in [2.75, 3.05) is 0 Å². The molecule has 0 spiro atoms. The minimum atomic E-state index is -1.54. The second-order valence-corrected chi connectivity index (χ2v) is 46.4. The van der Waals surface area contributed by atoms with Crippen molar-refractivity contribution in [3.63, 3.8) is 0 Å². The van der Waals surface area contributed by atoms with Crippen LogP contribution in [-0.2, 0) is 4.43 Å². The molecule has 4 aliphatic carbocycles. The van der Waals surface area contributed by atoms with Crippen LogP contribution >= 0.6 is 0 Å². The topological polar surface area (TPSA) is 9.23 Å². The van der Waals surface area contributed by atoms with Crippen LogP contribution in [0, 0.1) is 23.2 Å². The Balaban J connectivity index is 2.03. The van der Waals surface area contributed by atoms with E-state index in [4.69, 9.17) is 4.43 Å². The normalized spacial score (nSPS) is 35.3.